The Labute approximate surface area is 237 Å². The van der Waals surface area contributed by atoms with Crippen molar-refractivity contribution in [3.63, 3.8) is 0 Å². The highest BCUT2D eigenvalue weighted by Gasteiger charge is 2.15. The van der Waals surface area contributed by atoms with Crippen LogP contribution in [0, 0.1) is 6.92 Å². The molecule has 8 nitrogen and oxygen atoms in total. The molecule has 0 saturated heterocycles. The maximum Gasteiger partial charge on any atom is 0.344 e. The van der Waals surface area contributed by atoms with Gasteiger partial charge in [-0.3, -0.25) is 9.52 Å². The summed E-state index contributed by atoms with van der Waals surface area (Å²) in [5.74, 6) is -0.540. The molecule has 0 aromatic heterocycles. The summed E-state index contributed by atoms with van der Waals surface area (Å²) in [5, 5.41) is 5.75. The van der Waals surface area contributed by atoms with E-state index in [-0.39, 0.29) is 4.90 Å². The average Bonchev–Trinajstić information content (AvgIpc) is 2.98. The summed E-state index contributed by atoms with van der Waals surface area (Å²) in [4.78, 5) is 25.3. The number of ether oxygens (including phenoxy) is 1. The number of amides is 1. The molecule has 9 heteroatoms. The number of fused-ring (bicyclic) bond motifs is 1. The molecule has 5 aromatic carbocycles. The number of sulfonamides is 1. The van der Waals surface area contributed by atoms with E-state index in [9.17, 15) is 18.0 Å². The first kappa shape index (κ1) is 27.3. The number of nitrogens with one attached hydrogen (secondary N) is 2. The van der Waals surface area contributed by atoms with Gasteiger partial charge in [0.1, 0.15) is 5.75 Å². The lowest BCUT2D eigenvalue weighted by Crippen LogP contribution is -2.18. The van der Waals surface area contributed by atoms with Crippen molar-refractivity contribution >= 4 is 44.6 Å². The summed E-state index contributed by atoms with van der Waals surface area (Å²) in [6.45, 7) is 1.88. The fourth-order valence-corrected chi connectivity index (χ4v) is 5.10. The van der Waals surface area contributed by atoms with Gasteiger partial charge in [-0.25, -0.2) is 18.6 Å². The number of aryl methyl sites for hydroxylation is 1. The minimum absolute atomic E-state index is 0.148. The standard InChI is InChI=1S/C32H25N3O5S/c1-22-9-19-28(20-10-22)41(38,39)35-26-15-13-25(14-16-26)31(36)34-33-21-23-11-17-27(18-12-23)40-32(37)30-8-4-6-24-5-2-3-7-29(24)30/h2-21,35H,1H3,(H,34,36)/b33-21+. The molecule has 0 saturated carbocycles. The highest BCUT2D eigenvalue weighted by Crippen LogP contribution is 2.21. The fraction of sp³-hybridized carbons (Fsp3) is 0.0312. The van der Waals surface area contributed by atoms with E-state index < -0.39 is 21.9 Å². The van der Waals surface area contributed by atoms with Crippen LogP contribution in [0.25, 0.3) is 10.8 Å². The average molecular weight is 564 g/mol. The van der Waals surface area contributed by atoms with Crippen LogP contribution in [0.5, 0.6) is 5.75 Å². The third-order valence-corrected chi connectivity index (χ3v) is 7.61. The molecule has 0 radical (unpaired) electrons. The smallest absolute Gasteiger partial charge is 0.344 e. The molecule has 41 heavy (non-hydrogen) atoms. The number of esters is 1. The third-order valence-electron chi connectivity index (χ3n) is 6.21. The Balaban J connectivity index is 1.15. The second-order valence-electron chi connectivity index (χ2n) is 9.18. The van der Waals surface area contributed by atoms with Gasteiger partial charge in [-0.15, -0.1) is 0 Å². The molecule has 5 aromatic rings. The van der Waals surface area contributed by atoms with Crippen LogP contribution in [-0.2, 0) is 10.0 Å². The molecule has 0 unspecified atom stereocenters. The summed E-state index contributed by atoms with van der Waals surface area (Å²) in [5.41, 5.74) is 5.18. The minimum atomic E-state index is -3.74. The van der Waals surface area contributed by atoms with Gasteiger partial charge in [-0.2, -0.15) is 5.10 Å². The first-order valence-corrected chi connectivity index (χ1v) is 14.1. The van der Waals surface area contributed by atoms with Crippen molar-refractivity contribution in [2.24, 2.45) is 5.10 Å². The van der Waals surface area contributed by atoms with E-state index >= 15 is 0 Å². The first-order valence-electron chi connectivity index (χ1n) is 12.6. The van der Waals surface area contributed by atoms with Crippen molar-refractivity contribution in [3.8, 4) is 5.75 Å². The molecule has 0 atom stereocenters. The fourth-order valence-electron chi connectivity index (χ4n) is 4.04. The van der Waals surface area contributed by atoms with Crippen molar-refractivity contribution in [3.05, 3.63) is 138 Å². The number of benzene rings is 5. The summed E-state index contributed by atoms with van der Waals surface area (Å²) in [7, 11) is -3.74. The zero-order valence-corrected chi connectivity index (χ0v) is 22.8. The van der Waals surface area contributed by atoms with Crippen LogP contribution < -0.4 is 14.9 Å². The quantitative estimate of drug-likeness (QED) is 0.105. The minimum Gasteiger partial charge on any atom is -0.423 e. The molecule has 0 aliphatic carbocycles. The largest absolute Gasteiger partial charge is 0.423 e. The number of anilines is 1. The predicted molar refractivity (Wildman–Crippen MR) is 159 cm³/mol. The van der Waals surface area contributed by atoms with Crippen molar-refractivity contribution in [1.29, 1.82) is 0 Å². The number of hydrogen-bond acceptors (Lipinski definition) is 6. The monoisotopic (exact) mass is 563 g/mol. The topological polar surface area (TPSA) is 114 Å². The highest BCUT2D eigenvalue weighted by molar-refractivity contribution is 7.92. The van der Waals surface area contributed by atoms with Gasteiger partial charge in [-0.05, 0) is 90.0 Å². The molecular weight excluding hydrogens is 538 g/mol. The van der Waals surface area contributed by atoms with E-state index in [1.165, 1.54) is 42.6 Å². The molecule has 0 bridgehead atoms. The third kappa shape index (κ3) is 6.66. The maximum absolute atomic E-state index is 12.7. The number of carbonyl (C=O) groups excluding carboxylic acids is 2. The number of rotatable bonds is 8. The lowest BCUT2D eigenvalue weighted by Gasteiger charge is -2.09. The van der Waals surface area contributed by atoms with Gasteiger partial charge >= 0.3 is 5.97 Å². The van der Waals surface area contributed by atoms with Crippen molar-refractivity contribution < 1.29 is 22.7 Å². The number of hydrogen-bond donors (Lipinski definition) is 2. The molecule has 2 N–H and O–H groups in total. The Hall–Kier alpha value is -5.28. The molecule has 1 amide bonds. The zero-order valence-electron chi connectivity index (χ0n) is 21.9. The number of carbonyl (C=O) groups is 2. The van der Waals surface area contributed by atoms with Gasteiger partial charge in [0.2, 0.25) is 0 Å². The van der Waals surface area contributed by atoms with Crippen molar-refractivity contribution in [2.75, 3.05) is 4.72 Å². The highest BCUT2D eigenvalue weighted by atomic mass is 32.2. The second kappa shape index (κ2) is 11.8. The summed E-state index contributed by atoms with van der Waals surface area (Å²) < 4.78 is 33.2. The molecule has 204 valence electrons. The number of nitrogens with zero attached hydrogens (tertiary/aromatic N) is 1. The molecule has 0 aliphatic rings. The summed E-state index contributed by atoms with van der Waals surface area (Å²) in [6, 6.07) is 32.3. The van der Waals surface area contributed by atoms with Gasteiger partial charge in [0.15, 0.2) is 0 Å². The van der Waals surface area contributed by atoms with E-state index in [0.29, 0.717) is 28.1 Å². The van der Waals surface area contributed by atoms with E-state index in [0.717, 1.165) is 16.3 Å². The van der Waals surface area contributed by atoms with Crippen LogP contribution in [0.2, 0.25) is 0 Å². The Morgan fingerprint density at radius 1 is 0.780 bits per heavy atom. The van der Waals surface area contributed by atoms with Crippen molar-refractivity contribution in [1.82, 2.24) is 5.43 Å². The van der Waals surface area contributed by atoms with Gasteiger partial charge in [0.05, 0.1) is 16.7 Å². The zero-order chi connectivity index (χ0) is 28.8. The number of hydrazone groups is 1. The molecule has 0 heterocycles. The molecule has 0 spiro atoms. The van der Waals surface area contributed by atoms with Crippen molar-refractivity contribution in [2.45, 2.75) is 11.8 Å². The molecular formula is C32H25N3O5S. The SMILES string of the molecule is Cc1ccc(S(=O)(=O)Nc2ccc(C(=O)N/N=C/c3ccc(OC(=O)c4cccc5ccccc45)cc3)cc2)cc1. The van der Waals surface area contributed by atoms with E-state index in [4.69, 9.17) is 4.74 Å². The van der Waals surface area contributed by atoms with Gasteiger partial charge in [-0.1, -0.05) is 54.1 Å². The summed E-state index contributed by atoms with van der Waals surface area (Å²) >= 11 is 0. The second-order valence-corrected chi connectivity index (χ2v) is 10.9. The van der Waals surface area contributed by atoms with Crippen LogP contribution in [0.1, 0.15) is 31.8 Å². The van der Waals surface area contributed by atoms with Gasteiger partial charge in [0.25, 0.3) is 15.9 Å². The lowest BCUT2D eigenvalue weighted by atomic mass is 10.0. The maximum atomic E-state index is 12.7. The van der Waals surface area contributed by atoms with E-state index in [1.807, 2.05) is 43.3 Å². The molecule has 0 fully saturated rings. The van der Waals surface area contributed by atoms with Crippen LogP contribution in [0.3, 0.4) is 0 Å². The molecule has 5 rings (SSSR count). The Bertz CT molecular complexity index is 1840. The van der Waals surface area contributed by atoms with Crippen LogP contribution >= 0.6 is 0 Å². The summed E-state index contributed by atoms with van der Waals surface area (Å²) in [6.07, 6.45) is 1.46. The normalized spacial score (nSPS) is 11.3. The van der Waals surface area contributed by atoms with Crippen LogP contribution in [0.15, 0.2) is 125 Å². The Kier molecular flexibility index (Phi) is 7.89. The lowest BCUT2D eigenvalue weighted by molar-refractivity contribution is 0.0736. The van der Waals surface area contributed by atoms with Crippen LogP contribution in [0.4, 0.5) is 5.69 Å². The van der Waals surface area contributed by atoms with E-state index in [1.54, 1.807) is 42.5 Å². The Morgan fingerprint density at radius 2 is 1.46 bits per heavy atom. The Morgan fingerprint density at radius 3 is 2.20 bits per heavy atom. The van der Waals surface area contributed by atoms with Gasteiger partial charge in [0, 0.05) is 11.3 Å². The van der Waals surface area contributed by atoms with Gasteiger partial charge < -0.3 is 4.74 Å². The molecule has 0 aliphatic heterocycles. The predicted octanol–water partition coefficient (Wildman–Crippen LogP) is 5.93. The van der Waals surface area contributed by atoms with E-state index in [2.05, 4.69) is 15.2 Å². The first-order chi connectivity index (χ1) is 19.8. The van der Waals surface area contributed by atoms with Crippen LogP contribution in [-0.4, -0.2) is 26.5 Å².